The molecule has 4 heterocycles. The molecule has 1 aliphatic rings. The summed E-state index contributed by atoms with van der Waals surface area (Å²) < 4.78 is 22.9. The number of nitrogens with zero attached hydrogens (tertiary/aromatic N) is 7. The molecule has 0 aliphatic carbocycles. The highest BCUT2D eigenvalue weighted by Crippen LogP contribution is 2.32. The van der Waals surface area contributed by atoms with Gasteiger partial charge in [0.15, 0.2) is 5.65 Å². The highest BCUT2D eigenvalue weighted by atomic mass is 19.1. The molecule has 222 valence electrons. The average Bonchev–Trinajstić information content (AvgIpc) is 3.44. The molecular formula is C33H30FN7O3. The third-order valence-corrected chi connectivity index (χ3v) is 7.41. The van der Waals surface area contributed by atoms with Gasteiger partial charge in [0.05, 0.1) is 17.3 Å². The number of likely N-dealkylation sites (tertiary alicyclic amines) is 1. The van der Waals surface area contributed by atoms with Gasteiger partial charge in [0, 0.05) is 42.5 Å². The number of hydrogen-bond donors (Lipinski definition) is 0. The summed E-state index contributed by atoms with van der Waals surface area (Å²) >= 11 is 0. The van der Waals surface area contributed by atoms with Crippen molar-refractivity contribution in [3.63, 3.8) is 0 Å². The molecular weight excluding hydrogens is 561 g/mol. The van der Waals surface area contributed by atoms with Crippen LogP contribution in [0, 0.1) is 18.2 Å². The summed E-state index contributed by atoms with van der Waals surface area (Å²) in [4.78, 5) is 39.4. The lowest BCUT2D eigenvalue weighted by Crippen LogP contribution is -2.53. The molecule has 3 aromatic heterocycles. The van der Waals surface area contributed by atoms with Gasteiger partial charge in [-0.3, -0.25) is 9.69 Å². The maximum atomic E-state index is 15.9. The van der Waals surface area contributed by atoms with Crippen molar-refractivity contribution in [3.05, 3.63) is 83.9 Å². The number of amides is 2. The van der Waals surface area contributed by atoms with Crippen LogP contribution in [0.15, 0.2) is 67.0 Å². The van der Waals surface area contributed by atoms with E-state index in [4.69, 9.17) is 11.2 Å². The fourth-order valence-electron chi connectivity index (χ4n) is 5.41. The van der Waals surface area contributed by atoms with Crippen LogP contribution in [0.4, 0.5) is 15.0 Å². The first-order valence-electron chi connectivity index (χ1n) is 14.3. The summed E-state index contributed by atoms with van der Waals surface area (Å²) in [5.41, 5.74) is 1.23. The van der Waals surface area contributed by atoms with Crippen molar-refractivity contribution in [1.82, 2.24) is 29.9 Å². The van der Waals surface area contributed by atoms with E-state index in [0.29, 0.717) is 53.0 Å². The Hall–Kier alpha value is -5.37. The molecule has 2 aromatic carbocycles. The van der Waals surface area contributed by atoms with Gasteiger partial charge in [0.1, 0.15) is 22.8 Å². The van der Waals surface area contributed by atoms with Crippen molar-refractivity contribution in [2.45, 2.75) is 45.3 Å². The Morgan fingerprint density at radius 2 is 1.93 bits per heavy atom. The lowest BCUT2D eigenvalue weighted by molar-refractivity contribution is 0.0196. The Kier molecular flexibility index (Phi) is 7.43. The molecule has 0 unspecified atom stereocenters. The highest BCUT2D eigenvalue weighted by molar-refractivity contribution is 6.10. The lowest BCUT2D eigenvalue weighted by Gasteiger charge is -2.39. The number of ether oxygens (including phenoxy) is 1. The Balaban J connectivity index is 1.41. The second-order valence-corrected chi connectivity index (χ2v) is 11.6. The monoisotopic (exact) mass is 591 g/mol. The second kappa shape index (κ2) is 11.4. The van der Waals surface area contributed by atoms with Gasteiger partial charge in [-0.05, 0) is 87.5 Å². The summed E-state index contributed by atoms with van der Waals surface area (Å²) in [6, 6.07) is 14.5. The van der Waals surface area contributed by atoms with Gasteiger partial charge < -0.3 is 9.64 Å². The van der Waals surface area contributed by atoms with Crippen LogP contribution in [-0.4, -0.2) is 66.6 Å². The molecule has 0 spiro atoms. The standard InChI is InChI=1S/C33H30FN7O3/c1-5-21-10-12-25-22(18-21)14-16-36-29(25)40(24-8-7-17-39(20-24)32(43)44-33(2,3)4)31(42)26-13-11-23(19-27(26)34)41-30-28(37-38-41)9-6-15-35-30/h1,6,9-16,18-19,24H,7-8,17,20H2,2-4H3/t24-/m1/s1. The molecule has 0 bridgehead atoms. The van der Waals surface area contributed by atoms with E-state index in [2.05, 4.69) is 26.2 Å². The van der Waals surface area contributed by atoms with Crippen molar-refractivity contribution in [2.24, 2.45) is 0 Å². The molecule has 0 N–H and O–H groups in total. The number of carbonyl (C=O) groups excluding carboxylic acids is 2. The number of terminal acetylenes is 1. The van der Waals surface area contributed by atoms with Crippen LogP contribution in [0.25, 0.3) is 27.6 Å². The van der Waals surface area contributed by atoms with Crippen LogP contribution < -0.4 is 4.90 Å². The molecule has 1 fully saturated rings. The van der Waals surface area contributed by atoms with Gasteiger partial charge in [0.2, 0.25) is 0 Å². The average molecular weight is 592 g/mol. The van der Waals surface area contributed by atoms with E-state index in [0.717, 1.165) is 5.39 Å². The van der Waals surface area contributed by atoms with E-state index in [1.165, 1.54) is 21.7 Å². The molecule has 2 amide bonds. The molecule has 0 radical (unpaired) electrons. The van der Waals surface area contributed by atoms with Crippen molar-refractivity contribution in [1.29, 1.82) is 0 Å². The van der Waals surface area contributed by atoms with Gasteiger partial charge in [-0.1, -0.05) is 11.1 Å². The number of benzene rings is 2. The minimum atomic E-state index is -0.744. The normalized spacial score (nSPS) is 15.2. The molecule has 44 heavy (non-hydrogen) atoms. The molecule has 1 aliphatic heterocycles. The molecule has 1 atom stereocenters. The number of fused-ring (bicyclic) bond motifs is 2. The summed E-state index contributed by atoms with van der Waals surface area (Å²) in [7, 11) is 0. The Bertz CT molecular complexity index is 1940. The van der Waals surface area contributed by atoms with Crippen LogP contribution >= 0.6 is 0 Å². The third-order valence-electron chi connectivity index (χ3n) is 7.41. The fraction of sp³-hybridized carbons (Fsp3) is 0.273. The molecule has 10 nitrogen and oxygen atoms in total. The lowest BCUT2D eigenvalue weighted by atomic mass is 10.0. The minimum Gasteiger partial charge on any atom is -0.444 e. The number of rotatable bonds is 4. The molecule has 6 rings (SSSR count). The van der Waals surface area contributed by atoms with Crippen LogP contribution in [0.1, 0.15) is 49.5 Å². The van der Waals surface area contributed by atoms with Gasteiger partial charge in [-0.2, -0.15) is 4.68 Å². The molecule has 0 saturated carbocycles. The van der Waals surface area contributed by atoms with Crippen molar-refractivity contribution in [2.75, 3.05) is 18.0 Å². The van der Waals surface area contributed by atoms with E-state index in [-0.39, 0.29) is 12.1 Å². The number of halogens is 1. The molecule has 5 aromatic rings. The number of aromatic nitrogens is 5. The predicted octanol–water partition coefficient (Wildman–Crippen LogP) is 5.53. The van der Waals surface area contributed by atoms with E-state index in [1.54, 1.807) is 62.3 Å². The topological polar surface area (TPSA) is 106 Å². The number of carbonyl (C=O) groups is 2. The predicted molar refractivity (Wildman–Crippen MR) is 164 cm³/mol. The molecule has 11 heteroatoms. The third kappa shape index (κ3) is 5.54. The number of pyridine rings is 2. The number of anilines is 1. The number of hydrogen-bond acceptors (Lipinski definition) is 7. The zero-order valence-electron chi connectivity index (χ0n) is 24.6. The van der Waals surface area contributed by atoms with Crippen LogP contribution in [-0.2, 0) is 4.74 Å². The minimum absolute atomic E-state index is 0.153. The zero-order valence-corrected chi connectivity index (χ0v) is 24.6. The van der Waals surface area contributed by atoms with E-state index in [9.17, 15) is 9.59 Å². The first kappa shape index (κ1) is 28.7. The van der Waals surface area contributed by atoms with Gasteiger partial charge in [0.25, 0.3) is 5.91 Å². The van der Waals surface area contributed by atoms with Crippen LogP contribution in [0.3, 0.4) is 0 Å². The first-order valence-corrected chi connectivity index (χ1v) is 14.3. The van der Waals surface area contributed by atoms with Crippen LogP contribution in [0.5, 0.6) is 0 Å². The highest BCUT2D eigenvalue weighted by Gasteiger charge is 2.36. The largest absolute Gasteiger partial charge is 0.444 e. The van der Waals surface area contributed by atoms with E-state index >= 15 is 4.39 Å². The quantitative estimate of drug-likeness (QED) is 0.253. The molecule has 1 saturated heterocycles. The second-order valence-electron chi connectivity index (χ2n) is 11.6. The Morgan fingerprint density at radius 1 is 1.09 bits per heavy atom. The number of piperidine rings is 1. The van der Waals surface area contributed by atoms with Crippen LogP contribution in [0.2, 0.25) is 0 Å². The van der Waals surface area contributed by atoms with Gasteiger partial charge in [-0.15, -0.1) is 11.5 Å². The summed E-state index contributed by atoms with van der Waals surface area (Å²) in [5.74, 6) is 1.64. The first-order chi connectivity index (χ1) is 21.1. The summed E-state index contributed by atoms with van der Waals surface area (Å²) in [5, 5.41) is 9.64. The van der Waals surface area contributed by atoms with Gasteiger partial charge >= 0.3 is 6.09 Å². The Labute approximate surface area is 253 Å². The van der Waals surface area contributed by atoms with Crippen molar-refractivity contribution < 1.29 is 18.7 Å². The maximum absolute atomic E-state index is 15.9. The fourth-order valence-corrected chi connectivity index (χ4v) is 5.41. The summed E-state index contributed by atoms with van der Waals surface area (Å²) in [6.07, 6.45) is 9.54. The van der Waals surface area contributed by atoms with E-state index in [1.807, 2.05) is 18.2 Å². The summed E-state index contributed by atoms with van der Waals surface area (Å²) in [6.45, 7) is 6.08. The van der Waals surface area contributed by atoms with Gasteiger partial charge in [-0.25, -0.2) is 19.2 Å². The van der Waals surface area contributed by atoms with Crippen molar-refractivity contribution in [3.8, 4) is 18.0 Å². The van der Waals surface area contributed by atoms with Crippen molar-refractivity contribution >= 4 is 39.8 Å². The zero-order chi connectivity index (χ0) is 31.0. The smallest absolute Gasteiger partial charge is 0.410 e. The Morgan fingerprint density at radius 3 is 2.70 bits per heavy atom. The van der Waals surface area contributed by atoms with E-state index < -0.39 is 29.5 Å². The SMILES string of the molecule is C#Cc1ccc2c(N(C(=O)c3ccc(-n4nnc5cccnc54)cc3F)[C@@H]3CCCN(C(=O)OC(C)(C)C)C3)nccc2c1. The maximum Gasteiger partial charge on any atom is 0.410 e.